The molecule has 2 rings (SSSR count). The molecule has 2 aromatic rings. The molecule has 0 aliphatic carbocycles. The number of amides is 1. The van der Waals surface area contributed by atoms with Crippen LogP contribution in [0.15, 0.2) is 60.7 Å². The molecule has 0 unspecified atom stereocenters. The highest BCUT2D eigenvalue weighted by molar-refractivity contribution is 5.97. The molecule has 0 aliphatic rings. The number of allylic oxidation sites excluding steroid dienone is 1. The molecule has 4 nitrogen and oxygen atoms in total. The van der Waals surface area contributed by atoms with Crippen LogP contribution in [0.4, 0.5) is 5.69 Å². The van der Waals surface area contributed by atoms with Crippen molar-refractivity contribution in [2.45, 2.75) is 26.9 Å². The number of benzene rings is 2. The van der Waals surface area contributed by atoms with Crippen molar-refractivity contribution in [1.29, 1.82) is 0 Å². The summed E-state index contributed by atoms with van der Waals surface area (Å²) in [7, 11) is 0. The zero-order valence-corrected chi connectivity index (χ0v) is 14.1. The third kappa shape index (κ3) is 4.56. The van der Waals surface area contributed by atoms with Gasteiger partial charge in [0.15, 0.2) is 0 Å². The number of rotatable bonds is 5. The smallest absolute Gasteiger partial charge is 0.331 e. The summed E-state index contributed by atoms with van der Waals surface area (Å²) in [4.78, 5) is 24.5. The molecule has 1 atom stereocenters. The lowest BCUT2D eigenvalue weighted by molar-refractivity contribution is -0.149. The average Bonchev–Trinajstić information content (AvgIpc) is 2.57. The van der Waals surface area contributed by atoms with Crippen molar-refractivity contribution in [3.05, 3.63) is 77.4 Å². The Morgan fingerprint density at radius 1 is 1.08 bits per heavy atom. The Morgan fingerprint density at radius 3 is 2.46 bits per heavy atom. The predicted octanol–water partition coefficient (Wildman–Crippen LogP) is 4.10. The van der Waals surface area contributed by atoms with E-state index in [-0.39, 0.29) is 5.91 Å². The lowest BCUT2D eigenvalue weighted by Gasteiger charge is -2.18. The number of carbonyl (C=O) groups excluding carboxylic acids is 2. The standard InChI is InChI=1S/C20H21NO3/c1-4-8-18(22)24-19(16-9-6-5-7-10-16)20(23)21-17-13-14(2)11-12-15(17)3/h4-13,19H,1-3H3,(H,21,23)/b8-4+/t19-/m0/s1. The van der Waals surface area contributed by atoms with Gasteiger partial charge in [-0.1, -0.05) is 48.5 Å². The van der Waals surface area contributed by atoms with Gasteiger partial charge >= 0.3 is 5.97 Å². The Kier molecular flexibility index (Phi) is 5.90. The van der Waals surface area contributed by atoms with Crippen LogP contribution in [-0.4, -0.2) is 11.9 Å². The third-order valence-corrected chi connectivity index (χ3v) is 3.53. The molecule has 0 spiro atoms. The highest BCUT2D eigenvalue weighted by Crippen LogP contribution is 2.22. The first-order valence-electron chi connectivity index (χ1n) is 7.77. The second-order valence-electron chi connectivity index (χ2n) is 5.54. The fourth-order valence-corrected chi connectivity index (χ4v) is 2.26. The number of aryl methyl sites for hydroxylation is 2. The van der Waals surface area contributed by atoms with Crippen LogP contribution < -0.4 is 5.32 Å². The van der Waals surface area contributed by atoms with Crippen molar-refractivity contribution < 1.29 is 14.3 Å². The summed E-state index contributed by atoms with van der Waals surface area (Å²) < 4.78 is 5.34. The quantitative estimate of drug-likeness (QED) is 0.665. The normalized spacial score (nSPS) is 12.0. The van der Waals surface area contributed by atoms with Crippen LogP contribution in [0.25, 0.3) is 0 Å². The van der Waals surface area contributed by atoms with E-state index < -0.39 is 12.1 Å². The van der Waals surface area contributed by atoms with Crippen LogP contribution in [0, 0.1) is 13.8 Å². The number of carbonyl (C=O) groups is 2. The van der Waals surface area contributed by atoms with Crippen LogP contribution in [0.1, 0.15) is 29.7 Å². The van der Waals surface area contributed by atoms with E-state index in [2.05, 4.69) is 5.32 Å². The summed E-state index contributed by atoms with van der Waals surface area (Å²) in [5, 5.41) is 2.86. The minimum Gasteiger partial charge on any atom is -0.444 e. The maximum absolute atomic E-state index is 12.7. The second kappa shape index (κ2) is 8.11. The topological polar surface area (TPSA) is 55.4 Å². The Morgan fingerprint density at radius 2 is 1.79 bits per heavy atom. The molecule has 0 saturated carbocycles. The van der Waals surface area contributed by atoms with Gasteiger partial charge in [-0.3, -0.25) is 4.79 Å². The maximum Gasteiger partial charge on any atom is 0.331 e. The zero-order chi connectivity index (χ0) is 17.5. The van der Waals surface area contributed by atoms with E-state index in [0.29, 0.717) is 11.3 Å². The number of anilines is 1. The highest BCUT2D eigenvalue weighted by Gasteiger charge is 2.24. The summed E-state index contributed by atoms with van der Waals surface area (Å²) in [5.74, 6) is -0.935. The first-order chi connectivity index (χ1) is 11.5. The molecular formula is C20H21NO3. The lowest BCUT2D eigenvalue weighted by Crippen LogP contribution is -2.25. The molecule has 0 bridgehead atoms. The van der Waals surface area contributed by atoms with Crippen molar-refractivity contribution >= 4 is 17.6 Å². The molecule has 0 aliphatic heterocycles. The van der Waals surface area contributed by atoms with Crippen molar-refractivity contribution in [2.24, 2.45) is 0 Å². The number of nitrogens with one attached hydrogen (secondary N) is 1. The predicted molar refractivity (Wildman–Crippen MR) is 94.6 cm³/mol. The molecule has 24 heavy (non-hydrogen) atoms. The van der Waals surface area contributed by atoms with Crippen LogP contribution >= 0.6 is 0 Å². The van der Waals surface area contributed by atoms with Crippen molar-refractivity contribution in [2.75, 3.05) is 5.32 Å². The maximum atomic E-state index is 12.7. The van der Waals surface area contributed by atoms with E-state index >= 15 is 0 Å². The van der Waals surface area contributed by atoms with Gasteiger partial charge < -0.3 is 10.1 Å². The van der Waals surface area contributed by atoms with Gasteiger partial charge in [-0.25, -0.2) is 4.79 Å². The van der Waals surface area contributed by atoms with E-state index in [0.717, 1.165) is 11.1 Å². The van der Waals surface area contributed by atoms with Gasteiger partial charge in [-0.15, -0.1) is 0 Å². The number of hydrogen-bond acceptors (Lipinski definition) is 3. The minimum absolute atomic E-state index is 0.382. The van der Waals surface area contributed by atoms with E-state index in [9.17, 15) is 9.59 Å². The van der Waals surface area contributed by atoms with Crippen molar-refractivity contribution in [3.8, 4) is 0 Å². The molecule has 2 aromatic carbocycles. The van der Waals surface area contributed by atoms with Crippen LogP contribution in [0.3, 0.4) is 0 Å². The van der Waals surface area contributed by atoms with Crippen molar-refractivity contribution in [3.63, 3.8) is 0 Å². The Labute approximate surface area is 142 Å². The molecule has 4 heteroatoms. The molecule has 0 radical (unpaired) electrons. The van der Waals surface area contributed by atoms with Gasteiger partial charge in [-0.2, -0.15) is 0 Å². The lowest BCUT2D eigenvalue weighted by atomic mass is 10.1. The summed E-state index contributed by atoms with van der Waals surface area (Å²) in [6.45, 7) is 5.59. The fraction of sp³-hybridized carbons (Fsp3) is 0.200. The average molecular weight is 323 g/mol. The molecule has 0 aromatic heterocycles. The number of ether oxygens (including phenoxy) is 1. The summed E-state index contributed by atoms with van der Waals surface area (Å²) in [6.07, 6.45) is 1.86. The van der Waals surface area contributed by atoms with Crippen LogP contribution in [-0.2, 0) is 14.3 Å². The molecule has 0 saturated heterocycles. The van der Waals surface area contributed by atoms with E-state index in [4.69, 9.17) is 4.74 Å². The Balaban J connectivity index is 2.27. The van der Waals surface area contributed by atoms with E-state index in [1.807, 2.05) is 38.1 Å². The van der Waals surface area contributed by atoms with Gasteiger partial charge in [0.05, 0.1) is 0 Å². The number of esters is 1. The molecule has 1 N–H and O–H groups in total. The second-order valence-corrected chi connectivity index (χ2v) is 5.54. The fourth-order valence-electron chi connectivity index (χ4n) is 2.26. The molecule has 124 valence electrons. The molecule has 1 amide bonds. The SMILES string of the molecule is C/C=C/C(=O)O[C@H](C(=O)Nc1cc(C)ccc1C)c1ccccc1. The van der Waals surface area contributed by atoms with Crippen molar-refractivity contribution in [1.82, 2.24) is 0 Å². The first kappa shape index (κ1) is 17.5. The molecular weight excluding hydrogens is 302 g/mol. The Hall–Kier alpha value is -2.88. The van der Waals surface area contributed by atoms with Gasteiger partial charge in [0.25, 0.3) is 5.91 Å². The van der Waals surface area contributed by atoms with Crippen LogP contribution in [0.2, 0.25) is 0 Å². The first-order valence-corrected chi connectivity index (χ1v) is 7.77. The van der Waals surface area contributed by atoms with E-state index in [1.54, 1.807) is 37.3 Å². The van der Waals surface area contributed by atoms with Crippen LogP contribution in [0.5, 0.6) is 0 Å². The summed E-state index contributed by atoms with van der Waals surface area (Å²) >= 11 is 0. The Bertz CT molecular complexity index is 751. The van der Waals surface area contributed by atoms with Gasteiger partial charge in [0.1, 0.15) is 0 Å². The minimum atomic E-state index is -1.00. The number of hydrogen-bond donors (Lipinski definition) is 1. The monoisotopic (exact) mass is 323 g/mol. The highest BCUT2D eigenvalue weighted by atomic mass is 16.5. The zero-order valence-electron chi connectivity index (χ0n) is 14.1. The van der Waals surface area contributed by atoms with Gasteiger partial charge in [0.2, 0.25) is 6.10 Å². The van der Waals surface area contributed by atoms with E-state index in [1.165, 1.54) is 6.08 Å². The van der Waals surface area contributed by atoms with Gasteiger partial charge in [0, 0.05) is 17.3 Å². The summed E-state index contributed by atoms with van der Waals surface area (Å²) in [6, 6.07) is 14.8. The molecule has 0 heterocycles. The summed E-state index contributed by atoms with van der Waals surface area (Å²) in [5.41, 5.74) is 3.32. The third-order valence-electron chi connectivity index (χ3n) is 3.53. The van der Waals surface area contributed by atoms with Gasteiger partial charge in [-0.05, 0) is 38.0 Å². The molecule has 0 fully saturated rings. The largest absolute Gasteiger partial charge is 0.444 e.